The average Bonchev–Trinajstić information content (AvgIpc) is 3.02. The fourth-order valence-corrected chi connectivity index (χ4v) is 3.63. The van der Waals surface area contributed by atoms with Crippen LogP contribution in [0, 0.1) is 0 Å². The number of hydrogen-bond acceptors (Lipinski definition) is 3. The third-order valence-electron chi connectivity index (χ3n) is 3.24. The number of aromatic nitrogens is 2. The minimum Gasteiger partial charge on any atom is -0.312 e. The number of thiophene rings is 1. The number of benzene rings is 1. The summed E-state index contributed by atoms with van der Waals surface area (Å²) < 4.78 is 3.22. The van der Waals surface area contributed by atoms with E-state index in [1.54, 1.807) is 6.20 Å². The van der Waals surface area contributed by atoms with Crippen LogP contribution in [0.5, 0.6) is 0 Å². The van der Waals surface area contributed by atoms with E-state index in [2.05, 4.69) is 41.6 Å². The molecule has 0 aliphatic carbocycles. The maximum Gasteiger partial charge on any atom is 0.0785 e. The molecule has 1 aromatic carbocycles. The highest BCUT2D eigenvalue weighted by molar-refractivity contribution is 7.19. The predicted octanol–water partition coefficient (Wildman–Crippen LogP) is 3.91. The van der Waals surface area contributed by atoms with Crippen LogP contribution in [0.15, 0.2) is 36.7 Å². The number of fused-ring (bicyclic) bond motifs is 1. The first-order valence-electron chi connectivity index (χ1n) is 6.66. The van der Waals surface area contributed by atoms with Crippen molar-refractivity contribution >= 4 is 33.0 Å². The summed E-state index contributed by atoms with van der Waals surface area (Å²) in [6, 6.07) is 8.53. The van der Waals surface area contributed by atoms with Gasteiger partial charge >= 0.3 is 0 Å². The van der Waals surface area contributed by atoms with Crippen LogP contribution in [0.3, 0.4) is 0 Å². The molecule has 1 N–H and O–H groups in total. The molecule has 0 saturated heterocycles. The lowest BCUT2D eigenvalue weighted by molar-refractivity contribution is 0.675. The molecule has 0 bridgehead atoms. The van der Waals surface area contributed by atoms with E-state index in [1.165, 1.54) is 20.5 Å². The third-order valence-corrected chi connectivity index (χ3v) is 4.65. The van der Waals surface area contributed by atoms with Crippen LogP contribution in [-0.4, -0.2) is 16.3 Å². The fraction of sp³-hybridized carbons (Fsp3) is 0.267. The van der Waals surface area contributed by atoms with Gasteiger partial charge in [0.05, 0.1) is 17.8 Å². The SMILES string of the molecule is CCNCc1sc2ccccc2c1Cn1cc(Cl)cn1. The second-order valence-electron chi connectivity index (χ2n) is 4.64. The van der Waals surface area contributed by atoms with Crippen LogP contribution >= 0.6 is 22.9 Å². The topological polar surface area (TPSA) is 29.9 Å². The Balaban J connectivity index is 2.01. The van der Waals surface area contributed by atoms with Gasteiger partial charge in [-0.2, -0.15) is 5.10 Å². The fourth-order valence-electron chi connectivity index (χ4n) is 2.29. The predicted molar refractivity (Wildman–Crippen MR) is 85.5 cm³/mol. The molecule has 0 aliphatic heterocycles. The second-order valence-corrected chi connectivity index (χ2v) is 6.21. The molecule has 0 fully saturated rings. The van der Waals surface area contributed by atoms with Crippen molar-refractivity contribution in [1.82, 2.24) is 15.1 Å². The van der Waals surface area contributed by atoms with E-state index >= 15 is 0 Å². The Morgan fingerprint density at radius 1 is 1.35 bits per heavy atom. The van der Waals surface area contributed by atoms with Crippen molar-refractivity contribution in [3.8, 4) is 0 Å². The van der Waals surface area contributed by atoms with Gasteiger partial charge in [0.15, 0.2) is 0 Å². The smallest absolute Gasteiger partial charge is 0.0785 e. The van der Waals surface area contributed by atoms with Crippen molar-refractivity contribution in [1.29, 1.82) is 0 Å². The van der Waals surface area contributed by atoms with Gasteiger partial charge < -0.3 is 5.32 Å². The Morgan fingerprint density at radius 3 is 2.95 bits per heavy atom. The van der Waals surface area contributed by atoms with Crippen LogP contribution in [0.1, 0.15) is 17.4 Å². The highest BCUT2D eigenvalue weighted by Crippen LogP contribution is 2.32. The second kappa shape index (κ2) is 5.95. The molecule has 3 rings (SSSR count). The minimum absolute atomic E-state index is 0.678. The molecular formula is C15H16ClN3S. The van der Waals surface area contributed by atoms with Gasteiger partial charge in [0.25, 0.3) is 0 Å². The van der Waals surface area contributed by atoms with Crippen LogP contribution in [-0.2, 0) is 13.1 Å². The number of rotatable bonds is 5. The molecule has 0 aliphatic rings. The van der Waals surface area contributed by atoms with Gasteiger partial charge in [-0.15, -0.1) is 11.3 Å². The van der Waals surface area contributed by atoms with Crippen LogP contribution in [0.2, 0.25) is 5.02 Å². The Hall–Kier alpha value is -1.36. The molecule has 0 atom stereocenters. The van der Waals surface area contributed by atoms with Gasteiger partial charge in [-0.05, 0) is 23.6 Å². The molecule has 3 aromatic rings. The molecule has 0 unspecified atom stereocenters. The molecular weight excluding hydrogens is 290 g/mol. The van der Waals surface area contributed by atoms with Gasteiger partial charge in [0.2, 0.25) is 0 Å². The summed E-state index contributed by atoms with van der Waals surface area (Å²) in [7, 11) is 0. The Morgan fingerprint density at radius 2 is 2.20 bits per heavy atom. The highest BCUT2D eigenvalue weighted by atomic mass is 35.5. The van der Waals surface area contributed by atoms with Crippen molar-refractivity contribution in [3.05, 3.63) is 52.1 Å². The maximum absolute atomic E-state index is 5.95. The lowest BCUT2D eigenvalue weighted by Crippen LogP contribution is -2.12. The summed E-state index contributed by atoms with van der Waals surface area (Å²) in [6.45, 7) is 4.76. The van der Waals surface area contributed by atoms with Gasteiger partial charge in [-0.1, -0.05) is 36.7 Å². The van der Waals surface area contributed by atoms with E-state index in [1.807, 2.05) is 22.2 Å². The molecule has 5 heteroatoms. The van der Waals surface area contributed by atoms with Crippen LogP contribution in [0.25, 0.3) is 10.1 Å². The first-order valence-corrected chi connectivity index (χ1v) is 7.85. The molecule has 0 amide bonds. The van der Waals surface area contributed by atoms with Crippen molar-refractivity contribution in [3.63, 3.8) is 0 Å². The molecule has 0 saturated carbocycles. The lowest BCUT2D eigenvalue weighted by atomic mass is 10.1. The molecule has 2 heterocycles. The van der Waals surface area contributed by atoms with E-state index in [0.29, 0.717) is 5.02 Å². The van der Waals surface area contributed by atoms with Crippen molar-refractivity contribution in [2.45, 2.75) is 20.0 Å². The molecule has 104 valence electrons. The Kier molecular flexibility index (Phi) is 4.05. The summed E-state index contributed by atoms with van der Waals surface area (Å²) in [5.74, 6) is 0. The lowest BCUT2D eigenvalue weighted by Gasteiger charge is -2.06. The van der Waals surface area contributed by atoms with Crippen molar-refractivity contribution in [2.24, 2.45) is 0 Å². The molecule has 3 nitrogen and oxygen atoms in total. The summed E-state index contributed by atoms with van der Waals surface area (Å²) in [4.78, 5) is 1.37. The van der Waals surface area contributed by atoms with E-state index < -0.39 is 0 Å². The zero-order valence-electron chi connectivity index (χ0n) is 11.3. The Labute approximate surface area is 127 Å². The third kappa shape index (κ3) is 2.73. The summed E-state index contributed by atoms with van der Waals surface area (Å²) in [5.41, 5.74) is 1.34. The Bertz CT molecular complexity index is 717. The zero-order valence-corrected chi connectivity index (χ0v) is 12.8. The summed E-state index contributed by atoms with van der Waals surface area (Å²) in [5, 5.41) is 9.69. The minimum atomic E-state index is 0.678. The van der Waals surface area contributed by atoms with Crippen molar-refractivity contribution in [2.75, 3.05) is 6.54 Å². The summed E-state index contributed by atoms with van der Waals surface area (Å²) in [6.07, 6.45) is 3.55. The number of halogens is 1. The number of nitrogens with one attached hydrogen (secondary N) is 1. The first kappa shape index (κ1) is 13.6. The van der Waals surface area contributed by atoms with Gasteiger partial charge in [-0.3, -0.25) is 4.68 Å². The molecule has 20 heavy (non-hydrogen) atoms. The molecule has 0 spiro atoms. The number of nitrogens with zero attached hydrogens (tertiary/aromatic N) is 2. The zero-order chi connectivity index (χ0) is 13.9. The number of hydrogen-bond donors (Lipinski definition) is 1. The van der Waals surface area contributed by atoms with Crippen LogP contribution in [0.4, 0.5) is 0 Å². The van der Waals surface area contributed by atoms with E-state index in [4.69, 9.17) is 11.6 Å². The largest absolute Gasteiger partial charge is 0.312 e. The van der Waals surface area contributed by atoms with E-state index in [0.717, 1.165) is 19.6 Å². The summed E-state index contributed by atoms with van der Waals surface area (Å²) >= 11 is 7.80. The first-order chi connectivity index (χ1) is 9.78. The van der Waals surface area contributed by atoms with Gasteiger partial charge in [0.1, 0.15) is 0 Å². The van der Waals surface area contributed by atoms with Gasteiger partial charge in [0, 0.05) is 22.3 Å². The van der Waals surface area contributed by atoms with Gasteiger partial charge in [-0.25, -0.2) is 0 Å². The maximum atomic E-state index is 5.95. The quantitative estimate of drug-likeness (QED) is 0.774. The standard InChI is InChI=1S/C15H16ClN3S/c1-2-17-8-15-13(10-19-9-11(16)7-18-19)12-5-3-4-6-14(12)20-15/h3-7,9,17H,2,8,10H2,1H3. The van der Waals surface area contributed by atoms with Crippen molar-refractivity contribution < 1.29 is 0 Å². The average molecular weight is 306 g/mol. The highest BCUT2D eigenvalue weighted by Gasteiger charge is 2.12. The normalized spacial score (nSPS) is 11.3. The molecule has 2 aromatic heterocycles. The van der Waals surface area contributed by atoms with E-state index in [-0.39, 0.29) is 0 Å². The monoisotopic (exact) mass is 305 g/mol. The van der Waals surface area contributed by atoms with Crippen LogP contribution < -0.4 is 5.32 Å². The van der Waals surface area contributed by atoms with E-state index in [9.17, 15) is 0 Å². The molecule has 0 radical (unpaired) electrons.